The van der Waals surface area contributed by atoms with E-state index in [1.165, 1.54) is 12.1 Å². The van der Waals surface area contributed by atoms with Gasteiger partial charge in [-0.1, -0.05) is 0 Å². The number of nitro groups is 1. The highest BCUT2D eigenvalue weighted by Gasteiger charge is 2.14. The van der Waals surface area contributed by atoms with Crippen LogP contribution in [0.25, 0.3) is 0 Å². The van der Waals surface area contributed by atoms with Crippen LogP contribution in [-0.4, -0.2) is 61.0 Å². The lowest BCUT2D eigenvalue weighted by molar-refractivity contribution is -0.384. The summed E-state index contributed by atoms with van der Waals surface area (Å²) in [5.74, 6) is 0. The molecule has 0 spiro atoms. The monoisotopic (exact) mass is 289 g/mol. The molecule has 1 fully saturated rings. The second-order valence-electron chi connectivity index (χ2n) is 5.17. The summed E-state index contributed by atoms with van der Waals surface area (Å²) in [7, 11) is 2.12. The van der Waals surface area contributed by atoms with E-state index >= 15 is 0 Å². The fraction of sp³-hybridized carbons (Fsp3) is 0.500. The van der Waals surface area contributed by atoms with Crippen molar-refractivity contribution in [2.75, 3.05) is 51.6 Å². The van der Waals surface area contributed by atoms with Crippen LogP contribution in [0.3, 0.4) is 0 Å². The van der Waals surface area contributed by atoms with Crippen molar-refractivity contribution in [3.8, 4) is 6.07 Å². The van der Waals surface area contributed by atoms with E-state index in [1.807, 2.05) is 6.07 Å². The van der Waals surface area contributed by atoms with Crippen LogP contribution >= 0.6 is 0 Å². The summed E-state index contributed by atoms with van der Waals surface area (Å²) in [4.78, 5) is 14.9. The Balaban J connectivity index is 1.88. The zero-order valence-corrected chi connectivity index (χ0v) is 12.1. The third-order valence-electron chi connectivity index (χ3n) is 3.67. The molecule has 0 bridgehead atoms. The maximum Gasteiger partial charge on any atom is 0.270 e. The van der Waals surface area contributed by atoms with Gasteiger partial charge in [-0.05, 0) is 13.1 Å². The van der Waals surface area contributed by atoms with Crippen molar-refractivity contribution in [1.82, 2.24) is 9.80 Å². The summed E-state index contributed by atoms with van der Waals surface area (Å²) >= 11 is 0. The van der Waals surface area contributed by atoms with Crippen LogP contribution in [0.2, 0.25) is 0 Å². The number of anilines is 1. The molecule has 7 heteroatoms. The third-order valence-corrected chi connectivity index (χ3v) is 3.67. The lowest BCUT2D eigenvalue weighted by Crippen LogP contribution is -2.45. The molecule has 2 rings (SSSR count). The Bertz CT molecular complexity index is 547. The number of benzene rings is 1. The molecule has 1 N–H and O–H groups in total. The van der Waals surface area contributed by atoms with Gasteiger partial charge in [-0.15, -0.1) is 0 Å². The largest absolute Gasteiger partial charge is 0.383 e. The van der Waals surface area contributed by atoms with Crippen molar-refractivity contribution in [3.63, 3.8) is 0 Å². The first-order chi connectivity index (χ1) is 10.1. The molecule has 0 radical (unpaired) electrons. The lowest BCUT2D eigenvalue weighted by Gasteiger charge is -2.32. The molecule has 1 heterocycles. The van der Waals surface area contributed by atoms with Gasteiger partial charge in [0.1, 0.15) is 6.07 Å². The molecule has 0 saturated carbocycles. The van der Waals surface area contributed by atoms with Crippen LogP contribution in [0.15, 0.2) is 18.2 Å². The topological polar surface area (TPSA) is 85.4 Å². The number of nitrogens with one attached hydrogen (secondary N) is 1. The molecule has 0 atom stereocenters. The molecule has 21 heavy (non-hydrogen) atoms. The summed E-state index contributed by atoms with van der Waals surface area (Å²) in [6, 6.07) is 6.32. The molecule has 0 unspecified atom stereocenters. The number of piperazine rings is 1. The van der Waals surface area contributed by atoms with E-state index in [1.54, 1.807) is 6.07 Å². The molecular weight excluding hydrogens is 270 g/mol. The van der Waals surface area contributed by atoms with Crippen molar-refractivity contribution in [2.24, 2.45) is 0 Å². The highest BCUT2D eigenvalue weighted by molar-refractivity contribution is 5.61. The number of nitriles is 1. The van der Waals surface area contributed by atoms with E-state index in [4.69, 9.17) is 5.26 Å². The first kappa shape index (κ1) is 15.2. The van der Waals surface area contributed by atoms with E-state index in [-0.39, 0.29) is 5.69 Å². The second-order valence-corrected chi connectivity index (χ2v) is 5.17. The first-order valence-electron chi connectivity index (χ1n) is 6.93. The van der Waals surface area contributed by atoms with Crippen molar-refractivity contribution in [1.29, 1.82) is 5.26 Å². The normalized spacial score (nSPS) is 16.4. The zero-order chi connectivity index (χ0) is 15.2. The van der Waals surface area contributed by atoms with Gasteiger partial charge in [0.25, 0.3) is 5.69 Å². The number of nitro benzene ring substituents is 1. The highest BCUT2D eigenvalue weighted by Crippen LogP contribution is 2.21. The number of likely N-dealkylation sites (N-methyl/N-ethyl adjacent to an activating group) is 1. The molecule has 0 aromatic heterocycles. The molecule has 1 aromatic rings. The summed E-state index contributed by atoms with van der Waals surface area (Å²) in [6.07, 6.45) is 0. The van der Waals surface area contributed by atoms with Crippen LogP contribution < -0.4 is 5.32 Å². The minimum atomic E-state index is -0.491. The standard InChI is InChI=1S/C14H19N5O2/c1-17-6-8-18(9-7-17)5-4-16-14-3-2-13(19(20)21)10-12(14)11-15/h2-3,10,16H,4-9H2,1H3. The van der Waals surface area contributed by atoms with Gasteiger partial charge in [-0.25, -0.2) is 0 Å². The van der Waals surface area contributed by atoms with E-state index in [0.29, 0.717) is 11.3 Å². The maximum atomic E-state index is 10.7. The Morgan fingerprint density at radius 1 is 1.38 bits per heavy atom. The quantitative estimate of drug-likeness (QED) is 0.646. The predicted molar refractivity (Wildman–Crippen MR) is 80.2 cm³/mol. The fourth-order valence-electron chi connectivity index (χ4n) is 2.31. The Kier molecular flexibility index (Phi) is 5.09. The zero-order valence-electron chi connectivity index (χ0n) is 12.1. The van der Waals surface area contributed by atoms with Gasteiger partial charge in [0.05, 0.1) is 16.2 Å². The first-order valence-corrected chi connectivity index (χ1v) is 6.93. The number of hydrogen-bond donors (Lipinski definition) is 1. The van der Waals surface area contributed by atoms with E-state index in [0.717, 1.165) is 39.3 Å². The average Bonchev–Trinajstić information content (AvgIpc) is 2.49. The van der Waals surface area contributed by atoms with Crippen molar-refractivity contribution < 1.29 is 4.92 Å². The predicted octanol–water partition coefficient (Wildman–Crippen LogP) is 1.13. The van der Waals surface area contributed by atoms with Crippen molar-refractivity contribution in [2.45, 2.75) is 0 Å². The highest BCUT2D eigenvalue weighted by atomic mass is 16.6. The van der Waals surface area contributed by atoms with Crippen molar-refractivity contribution >= 4 is 11.4 Å². The van der Waals surface area contributed by atoms with Gasteiger partial charge in [-0.2, -0.15) is 5.26 Å². The van der Waals surface area contributed by atoms with Crippen LogP contribution in [0.4, 0.5) is 11.4 Å². The Morgan fingerprint density at radius 2 is 2.10 bits per heavy atom. The summed E-state index contributed by atoms with van der Waals surface area (Å²) < 4.78 is 0. The van der Waals surface area contributed by atoms with Crippen LogP contribution in [0.1, 0.15) is 5.56 Å². The SMILES string of the molecule is CN1CCN(CCNc2ccc([N+](=O)[O-])cc2C#N)CC1. The van der Waals surface area contributed by atoms with Gasteiger partial charge in [0, 0.05) is 51.4 Å². The van der Waals surface area contributed by atoms with Crippen LogP contribution in [0.5, 0.6) is 0 Å². The number of hydrogen-bond acceptors (Lipinski definition) is 6. The molecule has 1 aromatic carbocycles. The minimum Gasteiger partial charge on any atom is -0.383 e. The molecular formula is C14H19N5O2. The summed E-state index contributed by atoms with van der Waals surface area (Å²) in [6.45, 7) is 5.85. The lowest BCUT2D eigenvalue weighted by atomic mass is 10.1. The maximum absolute atomic E-state index is 10.7. The molecule has 1 aliphatic heterocycles. The van der Waals surface area contributed by atoms with E-state index in [9.17, 15) is 10.1 Å². The van der Waals surface area contributed by atoms with Crippen LogP contribution in [-0.2, 0) is 0 Å². The molecule has 112 valence electrons. The van der Waals surface area contributed by atoms with Gasteiger partial charge >= 0.3 is 0 Å². The fourth-order valence-corrected chi connectivity index (χ4v) is 2.31. The van der Waals surface area contributed by atoms with Crippen LogP contribution in [0, 0.1) is 21.4 Å². The smallest absolute Gasteiger partial charge is 0.270 e. The number of non-ortho nitro benzene ring substituents is 1. The molecule has 0 amide bonds. The summed E-state index contributed by atoms with van der Waals surface area (Å²) in [5.41, 5.74) is 0.899. The van der Waals surface area contributed by atoms with Gasteiger partial charge in [0.15, 0.2) is 0 Å². The minimum absolute atomic E-state index is 0.0591. The second kappa shape index (κ2) is 7.02. The van der Waals surface area contributed by atoms with Gasteiger partial charge < -0.3 is 10.2 Å². The Hall–Kier alpha value is -2.17. The van der Waals surface area contributed by atoms with Gasteiger partial charge in [-0.3, -0.25) is 15.0 Å². The third kappa shape index (κ3) is 4.15. The molecule has 1 aliphatic rings. The molecule has 7 nitrogen and oxygen atoms in total. The van der Waals surface area contributed by atoms with Gasteiger partial charge in [0.2, 0.25) is 0 Å². The van der Waals surface area contributed by atoms with E-state index < -0.39 is 4.92 Å². The Labute approximate surface area is 123 Å². The summed E-state index contributed by atoms with van der Waals surface area (Å²) in [5, 5.41) is 23.0. The molecule has 1 saturated heterocycles. The Morgan fingerprint density at radius 3 is 2.71 bits per heavy atom. The number of nitrogens with zero attached hydrogens (tertiary/aromatic N) is 4. The average molecular weight is 289 g/mol. The molecule has 0 aliphatic carbocycles. The van der Waals surface area contributed by atoms with E-state index in [2.05, 4.69) is 22.2 Å². The van der Waals surface area contributed by atoms with Crippen molar-refractivity contribution in [3.05, 3.63) is 33.9 Å². The number of rotatable bonds is 5.